The second-order valence-electron chi connectivity index (χ2n) is 2.76. The van der Waals surface area contributed by atoms with Gasteiger partial charge in [0.2, 0.25) is 0 Å². The number of nitrogens with two attached hydrogens (primary N) is 2. The zero-order valence-corrected chi connectivity index (χ0v) is 6.41. The lowest BCUT2D eigenvalue weighted by Gasteiger charge is -2.11. The molecule has 0 saturated carbocycles. The van der Waals surface area contributed by atoms with E-state index in [1.54, 1.807) is 0 Å². The number of hydrogen-bond acceptors (Lipinski definition) is 3. The molecule has 0 amide bonds. The molecule has 0 fully saturated rings. The maximum absolute atomic E-state index is 8.20. The molecule has 4 nitrogen and oxygen atoms in total. The van der Waals surface area contributed by atoms with E-state index >= 15 is 0 Å². The van der Waals surface area contributed by atoms with Crippen molar-refractivity contribution in [1.82, 2.24) is 0 Å². The highest BCUT2D eigenvalue weighted by molar-refractivity contribution is 5.84. The predicted octanol–water partition coefficient (Wildman–Crippen LogP) is 0.106. The Balaban J connectivity index is 3.73. The highest BCUT2D eigenvalue weighted by Gasteiger charge is 2.09. The molecule has 0 bridgehead atoms. The maximum Gasteiger partial charge on any atom is 0.156 e. The van der Waals surface area contributed by atoms with Crippen molar-refractivity contribution in [3.63, 3.8) is 0 Å². The minimum atomic E-state index is -0.315. The molecule has 4 heteroatoms. The second-order valence-corrected chi connectivity index (χ2v) is 2.76. The van der Waals surface area contributed by atoms with Gasteiger partial charge in [-0.15, -0.1) is 0 Å². The maximum atomic E-state index is 8.20. The van der Waals surface area contributed by atoms with Gasteiger partial charge in [-0.05, 0) is 12.3 Å². The minimum Gasteiger partial charge on any atom is -0.409 e. The molecular formula is C6H15N3O. The topological polar surface area (TPSA) is 84.6 Å². The molecule has 0 aromatic rings. The van der Waals surface area contributed by atoms with Crippen LogP contribution in [0.4, 0.5) is 0 Å². The smallest absolute Gasteiger partial charge is 0.156 e. The van der Waals surface area contributed by atoms with E-state index in [0.29, 0.717) is 5.92 Å². The Morgan fingerprint density at radius 1 is 1.60 bits per heavy atom. The van der Waals surface area contributed by atoms with Crippen LogP contribution in [0.5, 0.6) is 0 Å². The number of hydrogen-bond donors (Lipinski definition) is 3. The summed E-state index contributed by atoms with van der Waals surface area (Å²) in [6.07, 6.45) is 0.746. The van der Waals surface area contributed by atoms with Gasteiger partial charge in [0.05, 0.1) is 6.04 Å². The third-order valence-corrected chi connectivity index (χ3v) is 1.22. The fourth-order valence-corrected chi connectivity index (χ4v) is 0.703. The average Bonchev–Trinajstić information content (AvgIpc) is 1.85. The first-order valence-electron chi connectivity index (χ1n) is 3.31. The first-order chi connectivity index (χ1) is 4.57. The van der Waals surface area contributed by atoms with Gasteiger partial charge in [-0.25, -0.2) is 0 Å². The van der Waals surface area contributed by atoms with Gasteiger partial charge in [0.25, 0.3) is 0 Å². The number of oxime groups is 1. The summed E-state index contributed by atoms with van der Waals surface area (Å²) in [6, 6.07) is -0.315. The summed E-state index contributed by atoms with van der Waals surface area (Å²) in [5, 5.41) is 11.0. The zero-order chi connectivity index (χ0) is 8.15. The molecule has 1 unspecified atom stereocenters. The minimum absolute atomic E-state index is 0.105. The summed E-state index contributed by atoms with van der Waals surface area (Å²) in [6.45, 7) is 4.06. The van der Waals surface area contributed by atoms with Crippen molar-refractivity contribution in [3.8, 4) is 0 Å². The highest BCUT2D eigenvalue weighted by atomic mass is 16.4. The summed E-state index contributed by atoms with van der Waals surface area (Å²) >= 11 is 0. The molecule has 0 heterocycles. The summed E-state index contributed by atoms with van der Waals surface area (Å²) in [5.74, 6) is 0.573. The van der Waals surface area contributed by atoms with Gasteiger partial charge < -0.3 is 16.7 Å². The molecule has 0 radical (unpaired) electrons. The summed E-state index contributed by atoms with van der Waals surface area (Å²) < 4.78 is 0. The van der Waals surface area contributed by atoms with E-state index < -0.39 is 0 Å². The lowest BCUT2D eigenvalue weighted by atomic mass is 10.0. The van der Waals surface area contributed by atoms with E-state index in [9.17, 15) is 0 Å². The fourth-order valence-electron chi connectivity index (χ4n) is 0.703. The predicted molar refractivity (Wildman–Crippen MR) is 40.8 cm³/mol. The number of amidine groups is 1. The molecule has 1 atom stereocenters. The molecule has 0 saturated heterocycles. The summed E-state index contributed by atoms with van der Waals surface area (Å²) in [7, 11) is 0. The average molecular weight is 145 g/mol. The van der Waals surface area contributed by atoms with Crippen LogP contribution in [0.15, 0.2) is 5.16 Å². The van der Waals surface area contributed by atoms with Crippen LogP contribution >= 0.6 is 0 Å². The van der Waals surface area contributed by atoms with E-state index in [-0.39, 0.29) is 11.9 Å². The molecule has 0 aromatic heterocycles. The molecule has 60 valence electrons. The molecule has 0 aliphatic rings. The standard InChI is InChI=1S/C6H15N3O/c1-4(2)3-5(7)6(8)9-10/h4-5,10H,3,7H2,1-2H3,(H2,8,9). The molecule has 0 spiro atoms. The largest absolute Gasteiger partial charge is 0.409 e. The second kappa shape index (κ2) is 4.11. The Labute approximate surface area is 60.9 Å². The van der Waals surface area contributed by atoms with Crippen molar-refractivity contribution >= 4 is 5.84 Å². The summed E-state index contributed by atoms with van der Waals surface area (Å²) in [5.41, 5.74) is 10.8. The molecule has 0 aliphatic carbocycles. The van der Waals surface area contributed by atoms with Crippen molar-refractivity contribution in [2.75, 3.05) is 0 Å². The SMILES string of the molecule is CC(C)CC(N)/C(N)=N/O. The van der Waals surface area contributed by atoms with Gasteiger partial charge in [-0.2, -0.15) is 0 Å². The van der Waals surface area contributed by atoms with Crippen molar-refractivity contribution in [2.45, 2.75) is 26.3 Å². The van der Waals surface area contributed by atoms with Crippen LogP contribution in [0.2, 0.25) is 0 Å². The third kappa shape index (κ3) is 3.29. The number of nitrogens with zero attached hydrogens (tertiary/aromatic N) is 1. The van der Waals surface area contributed by atoms with Gasteiger partial charge in [0, 0.05) is 0 Å². The molecule has 10 heavy (non-hydrogen) atoms. The van der Waals surface area contributed by atoms with Crippen molar-refractivity contribution in [3.05, 3.63) is 0 Å². The van der Waals surface area contributed by atoms with E-state index in [0.717, 1.165) is 6.42 Å². The van der Waals surface area contributed by atoms with E-state index in [1.165, 1.54) is 0 Å². The Bertz CT molecular complexity index is 122. The van der Waals surface area contributed by atoms with E-state index in [2.05, 4.69) is 5.16 Å². The van der Waals surface area contributed by atoms with Crippen LogP contribution in [0.25, 0.3) is 0 Å². The first kappa shape index (κ1) is 9.23. The van der Waals surface area contributed by atoms with Crippen LogP contribution in [0.1, 0.15) is 20.3 Å². The lowest BCUT2D eigenvalue weighted by Crippen LogP contribution is -2.37. The lowest BCUT2D eigenvalue weighted by molar-refractivity contribution is 0.315. The van der Waals surface area contributed by atoms with Gasteiger partial charge >= 0.3 is 0 Å². The van der Waals surface area contributed by atoms with Crippen LogP contribution in [0, 0.1) is 5.92 Å². The van der Waals surface area contributed by atoms with Gasteiger partial charge in [0.1, 0.15) is 0 Å². The van der Waals surface area contributed by atoms with Gasteiger partial charge in [-0.3, -0.25) is 0 Å². The van der Waals surface area contributed by atoms with Gasteiger partial charge in [-0.1, -0.05) is 19.0 Å². The van der Waals surface area contributed by atoms with E-state index in [1.807, 2.05) is 13.8 Å². The van der Waals surface area contributed by atoms with Crippen LogP contribution in [0.3, 0.4) is 0 Å². The molecule has 0 rings (SSSR count). The fraction of sp³-hybridized carbons (Fsp3) is 0.833. The monoisotopic (exact) mass is 145 g/mol. The third-order valence-electron chi connectivity index (χ3n) is 1.22. The molecule has 0 aliphatic heterocycles. The Morgan fingerprint density at radius 2 is 2.10 bits per heavy atom. The van der Waals surface area contributed by atoms with Crippen molar-refractivity contribution in [2.24, 2.45) is 22.5 Å². The van der Waals surface area contributed by atoms with Crippen LogP contribution in [-0.4, -0.2) is 17.1 Å². The Morgan fingerprint density at radius 3 is 2.40 bits per heavy atom. The van der Waals surface area contributed by atoms with Crippen LogP contribution in [-0.2, 0) is 0 Å². The van der Waals surface area contributed by atoms with Crippen LogP contribution < -0.4 is 11.5 Å². The highest BCUT2D eigenvalue weighted by Crippen LogP contribution is 2.01. The zero-order valence-electron chi connectivity index (χ0n) is 6.41. The Hall–Kier alpha value is -0.770. The number of rotatable bonds is 3. The molecule has 0 aromatic carbocycles. The normalized spacial score (nSPS) is 15.8. The first-order valence-corrected chi connectivity index (χ1v) is 3.31. The van der Waals surface area contributed by atoms with Crippen molar-refractivity contribution < 1.29 is 5.21 Å². The van der Waals surface area contributed by atoms with Gasteiger partial charge in [0.15, 0.2) is 5.84 Å². The molecular weight excluding hydrogens is 130 g/mol. The van der Waals surface area contributed by atoms with Crippen molar-refractivity contribution in [1.29, 1.82) is 0 Å². The quantitative estimate of drug-likeness (QED) is 0.228. The molecule has 5 N–H and O–H groups in total. The Kier molecular flexibility index (Phi) is 3.79. The van der Waals surface area contributed by atoms with E-state index in [4.69, 9.17) is 16.7 Å². The summed E-state index contributed by atoms with van der Waals surface area (Å²) in [4.78, 5) is 0.